The Morgan fingerprint density at radius 2 is 2.00 bits per heavy atom. The number of hydrogen-bond acceptors (Lipinski definition) is 2. The third-order valence-corrected chi connectivity index (χ3v) is 3.70. The van der Waals surface area contributed by atoms with Gasteiger partial charge >= 0.3 is 0 Å². The minimum atomic E-state index is -0.423. The number of hydrogen-bond donors (Lipinski definition) is 1. The lowest BCUT2D eigenvalue weighted by Crippen LogP contribution is -2.16. The second-order valence-electron chi connectivity index (χ2n) is 5.28. The largest absolute Gasteiger partial charge is 0.494 e. The summed E-state index contributed by atoms with van der Waals surface area (Å²) in [5, 5.41) is 3.27. The molecule has 1 aliphatic rings. The summed E-state index contributed by atoms with van der Waals surface area (Å²) in [4.78, 5) is 0. The van der Waals surface area contributed by atoms with Crippen molar-refractivity contribution in [2.75, 3.05) is 7.11 Å². The molecule has 2 nitrogen and oxygen atoms in total. The van der Waals surface area contributed by atoms with Gasteiger partial charge in [0.2, 0.25) is 0 Å². The van der Waals surface area contributed by atoms with Crippen LogP contribution in [-0.2, 0) is 6.54 Å². The number of benzene rings is 2. The molecule has 0 spiro atoms. The van der Waals surface area contributed by atoms with Crippen molar-refractivity contribution in [3.63, 3.8) is 0 Å². The van der Waals surface area contributed by atoms with Gasteiger partial charge < -0.3 is 10.1 Å². The highest BCUT2D eigenvalue weighted by Crippen LogP contribution is 2.30. The van der Waals surface area contributed by atoms with Crippen molar-refractivity contribution in [1.29, 1.82) is 0 Å². The molecule has 4 heteroatoms. The van der Waals surface area contributed by atoms with Gasteiger partial charge in [-0.2, -0.15) is 0 Å². The van der Waals surface area contributed by atoms with Gasteiger partial charge in [0.15, 0.2) is 11.6 Å². The Morgan fingerprint density at radius 1 is 1.19 bits per heavy atom. The van der Waals surface area contributed by atoms with E-state index in [1.165, 1.54) is 13.2 Å². The number of halogens is 2. The van der Waals surface area contributed by atoms with Gasteiger partial charge in [0, 0.05) is 23.7 Å². The first-order valence-corrected chi connectivity index (χ1v) is 7.03. The summed E-state index contributed by atoms with van der Waals surface area (Å²) < 4.78 is 33.1. The van der Waals surface area contributed by atoms with Crippen LogP contribution in [0.2, 0.25) is 0 Å². The first-order chi connectivity index (χ1) is 10.2. The fourth-order valence-corrected chi connectivity index (χ4v) is 2.31. The molecule has 3 rings (SSSR count). The van der Waals surface area contributed by atoms with E-state index in [0.29, 0.717) is 29.3 Å². The van der Waals surface area contributed by atoms with Crippen molar-refractivity contribution < 1.29 is 13.5 Å². The molecule has 0 saturated heterocycles. The molecule has 0 atom stereocenters. The van der Waals surface area contributed by atoms with Crippen LogP contribution >= 0.6 is 0 Å². The average Bonchev–Trinajstić information content (AvgIpc) is 3.31. The lowest BCUT2D eigenvalue weighted by Gasteiger charge is -2.10. The van der Waals surface area contributed by atoms with E-state index >= 15 is 0 Å². The van der Waals surface area contributed by atoms with E-state index in [4.69, 9.17) is 4.74 Å². The molecule has 0 unspecified atom stereocenters. The summed E-state index contributed by atoms with van der Waals surface area (Å²) in [6, 6.07) is 10.1. The molecule has 0 amide bonds. The highest BCUT2D eigenvalue weighted by molar-refractivity contribution is 5.66. The average molecular weight is 289 g/mol. The molecule has 0 aromatic heterocycles. The van der Waals surface area contributed by atoms with Crippen molar-refractivity contribution in [2.24, 2.45) is 0 Å². The second-order valence-corrected chi connectivity index (χ2v) is 5.28. The maximum Gasteiger partial charge on any atom is 0.172 e. The summed E-state index contributed by atoms with van der Waals surface area (Å²) in [6.45, 7) is 0.468. The third-order valence-electron chi connectivity index (χ3n) is 3.70. The van der Waals surface area contributed by atoms with Gasteiger partial charge in [-0.1, -0.05) is 18.2 Å². The van der Waals surface area contributed by atoms with Crippen molar-refractivity contribution in [3.8, 4) is 16.9 Å². The minimum Gasteiger partial charge on any atom is -0.494 e. The first kappa shape index (κ1) is 14.0. The molecule has 0 heterocycles. The van der Waals surface area contributed by atoms with Gasteiger partial charge in [0.05, 0.1) is 7.11 Å². The van der Waals surface area contributed by atoms with Crippen LogP contribution in [-0.4, -0.2) is 13.2 Å². The predicted molar refractivity (Wildman–Crippen MR) is 78.2 cm³/mol. The van der Waals surface area contributed by atoms with Crippen LogP contribution in [0.5, 0.6) is 5.75 Å². The summed E-state index contributed by atoms with van der Waals surface area (Å²) in [5.41, 5.74) is 1.63. The monoisotopic (exact) mass is 289 g/mol. The number of methoxy groups -OCH3 is 1. The van der Waals surface area contributed by atoms with Gasteiger partial charge in [-0.3, -0.25) is 0 Å². The third kappa shape index (κ3) is 3.05. The molecule has 1 N–H and O–H groups in total. The molecule has 1 aliphatic carbocycles. The van der Waals surface area contributed by atoms with E-state index in [1.807, 2.05) is 0 Å². The zero-order valence-electron chi connectivity index (χ0n) is 11.8. The Hall–Kier alpha value is -1.94. The van der Waals surface area contributed by atoms with Crippen molar-refractivity contribution >= 4 is 0 Å². The van der Waals surface area contributed by atoms with Crippen LogP contribution in [0.25, 0.3) is 11.1 Å². The number of ether oxygens (including phenoxy) is 1. The maximum atomic E-state index is 14.3. The summed E-state index contributed by atoms with van der Waals surface area (Å²) >= 11 is 0. The molecule has 1 fully saturated rings. The number of nitrogens with one attached hydrogen (secondary N) is 1. The molecule has 21 heavy (non-hydrogen) atoms. The van der Waals surface area contributed by atoms with E-state index in [1.54, 1.807) is 30.3 Å². The molecule has 110 valence electrons. The fourth-order valence-electron chi connectivity index (χ4n) is 2.31. The second kappa shape index (κ2) is 5.82. The number of rotatable bonds is 5. The van der Waals surface area contributed by atoms with Crippen LogP contribution in [0, 0.1) is 11.6 Å². The summed E-state index contributed by atoms with van der Waals surface area (Å²) in [7, 11) is 1.43. The normalized spacial score (nSPS) is 14.2. The van der Waals surface area contributed by atoms with Gasteiger partial charge in [-0.05, 0) is 36.6 Å². The topological polar surface area (TPSA) is 21.3 Å². The zero-order valence-corrected chi connectivity index (χ0v) is 11.8. The van der Waals surface area contributed by atoms with E-state index in [0.717, 1.165) is 12.8 Å². The lowest BCUT2D eigenvalue weighted by molar-refractivity contribution is 0.387. The van der Waals surface area contributed by atoms with Crippen molar-refractivity contribution in [3.05, 3.63) is 53.6 Å². The van der Waals surface area contributed by atoms with Gasteiger partial charge in [0.25, 0.3) is 0 Å². The SMILES string of the molecule is COc1cccc(-c2ccc(F)c(CNC3CC3)c2)c1F. The van der Waals surface area contributed by atoms with Gasteiger partial charge in [-0.15, -0.1) is 0 Å². The molecule has 1 saturated carbocycles. The summed E-state index contributed by atoms with van der Waals surface area (Å²) in [6.07, 6.45) is 2.29. The molecule has 0 aliphatic heterocycles. The van der Waals surface area contributed by atoms with E-state index in [9.17, 15) is 8.78 Å². The standard InChI is InChI=1S/C17H17F2NO/c1-21-16-4-2-3-14(17(16)19)11-5-8-15(18)12(9-11)10-20-13-6-7-13/h2-5,8-9,13,20H,6-7,10H2,1H3. The van der Waals surface area contributed by atoms with Crippen LogP contribution in [0.15, 0.2) is 36.4 Å². The fraction of sp³-hybridized carbons (Fsp3) is 0.294. The zero-order chi connectivity index (χ0) is 14.8. The van der Waals surface area contributed by atoms with Crippen LogP contribution in [0.3, 0.4) is 0 Å². The Labute approximate surface area is 122 Å². The van der Waals surface area contributed by atoms with Crippen LogP contribution in [0.1, 0.15) is 18.4 Å². The van der Waals surface area contributed by atoms with E-state index in [-0.39, 0.29) is 11.6 Å². The van der Waals surface area contributed by atoms with Crippen LogP contribution < -0.4 is 10.1 Å². The highest BCUT2D eigenvalue weighted by atomic mass is 19.1. The Kier molecular flexibility index (Phi) is 3.88. The van der Waals surface area contributed by atoms with E-state index in [2.05, 4.69) is 5.32 Å². The molecule has 0 radical (unpaired) electrons. The first-order valence-electron chi connectivity index (χ1n) is 7.03. The molecular weight excluding hydrogens is 272 g/mol. The van der Waals surface area contributed by atoms with E-state index < -0.39 is 5.82 Å². The van der Waals surface area contributed by atoms with Crippen molar-refractivity contribution in [2.45, 2.75) is 25.4 Å². The Morgan fingerprint density at radius 3 is 2.71 bits per heavy atom. The minimum absolute atomic E-state index is 0.189. The van der Waals surface area contributed by atoms with Gasteiger partial charge in [-0.25, -0.2) is 8.78 Å². The van der Waals surface area contributed by atoms with Gasteiger partial charge in [0.1, 0.15) is 5.82 Å². The smallest absolute Gasteiger partial charge is 0.172 e. The lowest BCUT2D eigenvalue weighted by atomic mass is 10.0. The molecular formula is C17H17F2NO. The summed E-state index contributed by atoms with van der Waals surface area (Å²) in [5.74, 6) is -0.502. The van der Waals surface area contributed by atoms with Crippen LogP contribution in [0.4, 0.5) is 8.78 Å². The maximum absolute atomic E-state index is 14.3. The molecule has 2 aromatic rings. The Bertz CT molecular complexity index is 653. The molecule has 2 aromatic carbocycles. The molecule has 0 bridgehead atoms. The predicted octanol–water partition coefficient (Wildman–Crippen LogP) is 3.89. The highest BCUT2D eigenvalue weighted by Gasteiger charge is 2.21. The Balaban J connectivity index is 1.92. The van der Waals surface area contributed by atoms with Crippen molar-refractivity contribution in [1.82, 2.24) is 5.32 Å². The quantitative estimate of drug-likeness (QED) is 0.901.